The van der Waals surface area contributed by atoms with E-state index in [2.05, 4.69) is 202 Å². The van der Waals surface area contributed by atoms with Crippen molar-refractivity contribution in [2.45, 2.75) is 19.3 Å². The Kier molecular flexibility index (Phi) is 7.55. The Hall–Kier alpha value is -7.16. The summed E-state index contributed by atoms with van der Waals surface area (Å²) in [4.78, 5) is 10.7. The van der Waals surface area contributed by atoms with Crippen molar-refractivity contribution in [3.05, 3.63) is 205 Å². The standard InChI is InChI=1S/C55H38N2/c1-55(2)47-27-14-13-22-42(47)45-26-15-25-41(53(45)55)36-28-30-37(31-29-36)48-34-49(57-54(56-48)39-19-7-4-8-20-39)51-44-24-12-11-23-43(44)50(38-17-5-3-6-18-38)52-40-21-10-9-16-35(40)32-33-46(51)52/h3-34H,1-2H3. The van der Waals surface area contributed by atoms with Crippen molar-refractivity contribution in [1.29, 1.82) is 0 Å². The molecule has 0 N–H and O–H groups in total. The number of fused-ring (bicyclic) bond motifs is 7. The Balaban J connectivity index is 1.14. The molecule has 0 saturated carbocycles. The van der Waals surface area contributed by atoms with Crippen LogP contribution < -0.4 is 0 Å². The monoisotopic (exact) mass is 726 g/mol. The van der Waals surface area contributed by atoms with Crippen LogP contribution in [-0.2, 0) is 5.41 Å². The third kappa shape index (κ3) is 5.25. The zero-order valence-corrected chi connectivity index (χ0v) is 31.9. The van der Waals surface area contributed by atoms with Crippen LogP contribution in [0.2, 0.25) is 0 Å². The molecule has 0 aliphatic heterocycles. The topological polar surface area (TPSA) is 25.8 Å². The van der Waals surface area contributed by atoms with E-state index in [4.69, 9.17) is 9.97 Å². The highest BCUT2D eigenvalue weighted by Gasteiger charge is 2.37. The quantitative estimate of drug-likeness (QED) is 0.130. The van der Waals surface area contributed by atoms with E-state index in [1.165, 1.54) is 76.8 Å². The summed E-state index contributed by atoms with van der Waals surface area (Å²) in [7, 11) is 0. The number of hydrogen-bond donors (Lipinski definition) is 0. The van der Waals surface area contributed by atoms with Crippen LogP contribution in [0.5, 0.6) is 0 Å². The first kappa shape index (κ1) is 33.2. The van der Waals surface area contributed by atoms with Gasteiger partial charge in [-0.25, -0.2) is 9.97 Å². The first-order valence-corrected chi connectivity index (χ1v) is 19.8. The van der Waals surface area contributed by atoms with E-state index < -0.39 is 0 Å². The fraction of sp³-hybridized carbons (Fsp3) is 0.0545. The summed E-state index contributed by atoms with van der Waals surface area (Å²) < 4.78 is 0. The minimum Gasteiger partial charge on any atom is -0.228 e. The lowest BCUT2D eigenvalue weighted by atomic mass is 9.79. The van der Waals surface area contributed by atoms with Gasteiger partial charge in [-0.05, 0) is 82.9 Å². The normalized spacial score (nSPS) is 12.9. The molecule has 0 bridgehead atoms. The van der Waals surface area contributed by atoms with E-state index in [9.17, 15) is 0 Å². The molecule has 0 atom stereocenters. The highest BCUT2D eigenvalue weighted by molar-refractivity contribution is 6.27. The Bertz CT molecular complexity index is 3180. The van der Waals surface area contributed by atoms with Gasteiger partial charge in [-0.1, -0.05) is 202 Å². The number of rotatable bonds is 5. The van der Waals surface area contributed by atoms with Crippen LogP contribution in [0.25, 0.3) is 99.6 Å². The van der Waals surface area contributed by atoms with Gasteiger partial charge < -0.3 is 0 Å². The van der Waals surface area contributed by atoms with E-state index in [1.54, 1.807) is 0 Å². The van der Waals surface area contributed by atoms with Crippen molar-refractivity contribution in [2.75, 3.05) is 0 Å². The zero-order valence-electron chi connectivity index (χ0n) is 31.9. The largest absolute Gasteiger partial charge is 0.228 e. The summed E-state index contributed by atoms with van der Waals surface area (Å²) in [5, 5.41) is 7.22. The van der Waals surface area contributed by atoms with Crippen LogP contribution >= 0.6 is 0 Å². The maximum atomic E-state index is 5.41. The lowest BCUT2D eigenvalue weighted by molar-refractivity contribution is 0.662. The minimum absolute atomic E-state index is 0.0970. The van der Waals surface area contributed by atoms with E-state index >= 15 is 0 Å². The molecule has 1 aliphatic carbocycles. The molecule has 0 amide bonds. The van der Waals surface area contributed by atoms with Crippen molar-refractivity contribution >= 4 is 32.3 Å². The van der Waals surface area contributed by atoms with E-state index in [1.807, 2.05) is 6.07 Å². The highest BCUT2D eigenvalue weighted by Crippen LogP contribution is 2.52. The number of aromatic nitrogens is 2. The summed E-state index contributed by atoms with van der Waals surface area (Å²) in [6.45, 7) is 4.71. The van der Waals surface area contributed by atoms with Gasteiger partial charge in [0.2, 0.25) is 0 Å². The van der Waals surface area contributed by atoms with Crippen molar-refractivity contribution in [2.24, 2.45) is 0 Å². The Morgan fingerprint density at radius 2 is 0.947 bits per heavy atom. The molecule has 57 heavy (non-hydrogen) atoms. The number of hydrogen-bond acceptors (Lipinski definition) is 2. The summed E-state index contributed by atoms with van der Waals surface area (Å²) in [6, 6.07) is 70.1. The molecule has 2 nitrogen and oxygen atoms in total. The molecular weight excluding hydrogens is 689 g/mol. The second kappa shape index (κ2) is 13.0. The van der Waals surface area contributed by atoms with E-state index in [-0.39, 0.29) is 5.41 Å². The minimum atomic E-state index is -0.0970. The van der Waals surface area contributed by atoms with Gasteiger partial charge in [0.15, 0.2) is 5.82 Å². The van der Waals surface area contributed by atoms with Gasteiger partial charge in [0.05, 0.1) is 11.4 Å². The van der Waals surface area contributed by atoms with Crippen molar-refractivity contribution in [3.63, 3.8) is 0 Å². The molecule has 1 aromatic heterocycles. The average Bonchev–Trinajstić information content (AvgIpc) is 3.52. The van der Waals surface area contributed by atoms with Crippen LogP contribution in [0.1, 0.15) is 25.0 Å². The summed E-state index contributed by atoms with van der Waals surface area (Å²) in [5.74, 6) is 0.706. The maximum Gasteiger partial charge on any atom is 0.160 e. The lowest BCUT2D eigenvalue weighted by Gasteiger charge is -2.24. The second-order valence-electron chi connectivity index (χ2n) is 15.7. The molecule has 1 aliphatic rings. The SMILES string of the molecule is CC1(C)c2ccccc2-c2cccc(-c3ccc(-c4cc(-c5c6ccccc6c(-c6ccccc6)c6c5ccc5ccccc56)nc(-c5ccccc5)n4)cc3)c21. The molecule has 0 fully saturated rings. The fourth-order valence-electron chi connectivity index (χ4n) is 9.48. The molecule has 0 radical (unpaired) electrons. The third-order valence-corrected chi connectivity index (χ3v) is 12.1. The number of benzene rings is 9. The van der Waals surface area contributed by atoms with Gasteiger partial charge in [0.1, 0.15) is 0 Å². The van der Waals surface area contributed by atoms with Gasteiger partial charge in [0.25, 0.3) is 0 Å². The molecule has 2 heteroatoms. The van der Waals surface area contributed by atoms with Gasteiger partial charge in [-0.15, -0.1) is 0 Å². The zero-order chi connectivity index (χ0) is 38.1. The molecule has 9 aromatic carbocycles. The molecular formula is C55H38N2. The molecule has 1 heterocycles. The summed E-state index contributed by atoms with van der Waals surface area (Å²) in [5.41, 5.74) is 15.2. The molecule has 0 saturated heterocycles. The van der Waals surface area contributed by atoms with Crippen LogP contribution in [0.4, 0.5) is 0 Å². The van der Waals surface area contributed by atoms with Crippen molar-refractivity contribution in [3.8, 4) is 67.3 Å². The summed E-state index contributed by atoms with van der Waals surface area (Å²) in [6.07, 6.45) is 0. The Labute approximate surface area is 332 Å². The van der Waals surface area contributed by atoms with Crippen molar-refractivity contribution in [1.82, 2.24) is 9.97 Å². The highest BCUT2D eigenvalue weighted by atomic mass is 14.9. The first-order valence-electron chi connectivity index (χ1n) is 19.8. The molecule has 10 aromatic rings. The van der Waals surface area contributed by atoms with Crippen LogP contribution in [-0.4, -0.2) is 9.97 Å². The predicted octanol–water partition coefficient (Wildman–Crippen LogP) is 14.6. The Morgan fingerprint density at radius 1 is 0.368 bits per heavy atom. The number of nitrogens with zero attached hydrogens (tertiary/aromatic N) is 2. The Morgan fingerprint density at radius 3 is 1.72 bits per heavy atom. The molecule has 0 unspecified atom stereocenters. The lowest BCUT2D eigenvalue weighted by Crippen LogP contribution is -2.16. The maximum absolute atomic E-state index is 5.41. The van der Waals surface area contributed by atoms with Gasteiger partial charge >= 0.3 is 0 Å². The summed E-state index contributed by atoms with van der Waals surface area (Å²) >= 11 is 0. The van der Waals surface area contributed by atoms with E-state index in [0.717, 1.165) is 28.1 Å². The molecule has 268 valence electrons. The second-order valence-corrected chi connectivity index (χ2v) is 15.7. The van der Waals surface area contributed by atoms with Crippen LogP contribution in [0.15, 0.2) is 194 Å². The van der Waals surface area contributed by atoms with Crippen LogP contribution in [0.3, 0.4) is 0 Å². The van der Waals surface area contributed by atoms with Gasteiger partial charge in [-0.2, -0.15) is 0 Å². The fourth-order valence-corrected chi connectivity index (χ4v) is 9.48. The van der Waals surface area contributed by atoms with Gasteiger partial charge in [0, 0.05) is 22.1 Å². The first-order chi connectivity index (χ1) is 28.0. The van der Waals surface area contributed by atoms with Gasteiger partial charge in [-0.3, -0.25) is 0 Å². The molecule has 11 rings (SSSR count). The van der Waals surface area contributed by atoms with Crippen LogP contribution in [0, 0.1) is 0 Å². The molecule has 0 spiro atoms. The van der Waals surface area contributed by atoms with E-state index in [0.29, 0.717) is 5.82 Å². The smallest absolute Gasteiger partial charge is 0.160 e. The third-order valence-electron chi connectivity index (χ3n) is 12.1. The van der Waals surface area contributed by atoms with Crippen molar-refractivity contribution < 1.29 is 0 Å². The predicted molar refractivity (Wildman–Crippen MR) is 239 cm³/mol. The average molecular weight is 727 g/mol.